The third-order valence-electron chi connectivity index (χ3n) is 6.92. The fourth-order valence-electron chi connectivity index (χ4n) is 5.11. The molecule has 0 spiro atoms. The molecule has 26 heavy (non-hydrogen) atoms. The van der Waals surface area contributed by atoms with Crippen molar-refractivity contribution in [3.05, 3.63) is 0 Å². The van der Waals surface area contributed by atoms with Crippen LogP contribution in [0.1, 0.15) is 44.9 Å². The van der Waals surface area contributed by atoms with Gasteiger partial charge in [-0.25, -0.2) is 4.79 Å². The maximum Gasteiger partial charge on any atom is 0.407 e. The number of nitrogens with zero attached hydrogens (tertiary/aromatic N) is 2. The Bertz CT molecular complexity index is 517. The van der Waals surface area contributed by atoms with Crippen LogP contribution in [-0.2, 0) is 9.53 Å². The molecule has 3 heterocycles. The van der Waals surface area contributed by atoms with Crippen molar-refractivity contribution >= 4 is 12.0 Å². The lowest BCUT2D eigenvalue weighted by Gasteiger charge is -2.50. The van der Waals surface area contributed by atoms with E-state index in [0.717, 1.165) is 45.3 Å². The normalized spacial score (nSPS) is 33.5. The summed E-state index contributed by atoms with van der Waals surface area (Å²) in [5, 5.41) is 12.6. The van der Waals surface area contributed by atoms with Crippen molar-refractivity contribution in [2.75, 3.05) is 32.8 Å². The van der Waals surface area contributed by atoms with E-state index in [-0.39, 0.29) is 23.9 Å². The number of piperidine rings is 2. The van der Waals surface area contributed by atoms with Crippen LogP contribution in [0.15, 0.2) is 0 Å². The number of amides is 2. The molecule has 0 aromatic heterocycles. The van der Waals surface area contributed by atoms with Crippen LogP contribution in [0.5, 0.6) is 0 Å². The van der Waals surface area contributed by atoms with Gasteiger partial charge in [0.25, 0.3) is 0 Å². The standard InChI is InChI=1S/C19H31N3O4/c23-18(20-10-13-2-1-3-13)14-4-6-21(7-5-14)15-8-16-11-26-12-17(9-15)22(16)19(24)25/h13-17H,1-12H2,(H,20,23)(H,24,25). The molecule has 2 N–H and O–H groups in total. The van der Waals surface area contributed by atoms with Crippen molar-refractivity contribution in [2.45, 2.75) is 63.1 Å². The first kappa shape index (κ1) is 18.0. The number of carboxylic acid groups (broad SMARTS) is 1. The van der Waals surface area contributed by atoms with E-state index in [1.54, 1.807) is 4.90 Å². The molecule has 0 radical (unpaired) electrons. The average Bonchev–Trinajstić information content (AvgIpc) is 2.59. The zero-order valence-corrected chi connectivity index (χ0v) is 15.4. The van der Waals surface area contributed by atoms with Gasteiger partial charge in [0.1, 0.15) is 0 Å². The van der Waals surface area contributed by atoms with Gasteiger partial charge in [-0.1, -0.05) is 6.42 Å². The lowest BCUT2D eigenvalue weighted by molar-refractivity contribution is -0.127. The second kappa shape index (κ2) is 7.72. The fraction of sp³-hybridized carbons (Fsp3) is 0.895. The maximum absolute atomic E-state index is 12.4. The number of carbonyl (C=O) groups excluding carboxylic acids is 1. The molecule has 1 aliphatic carbocycles. The molecular weight excluding hydrogens is 334 g/mol. The van der Waals surface area contributed by atoms with Crippen molar-refractivity contribution in [1.82, 2.24) is 15.1 Å². The number of fused-ring (bicyclic) bond motifs is 2. The highest BCUT2D eigenvalue weighted by Crippen LogP contribution is 2.32. The van der Waals surface area contributed by atoms with Gasteiger partial charge in [-0.3, -0.25) is 9.69 Å². The predicted octanol–water partition coefficient (Wildman–Crippen LogP) is 1.52. The van der Waals surface area contributed by atoms with Gasteiger partial charge in [-0.15, -0.1) is 0 Å². The Hall–Kier alpha value is -1.34. The van der Waals surface area contributed by atoms with Gasteiger partial charge in [-0.05, 0) is 57.5 Å². The second-order valence-electron chi connectivity index (χ2n) is 8.51. The van der Waals surface area contributed by atoms with Crippen molar-refractivity contribution in [1.29, 1.82) is 0 Å². The van der Waals surface area contributed by atoms with Gasteiger partial charge < -0.3 is 20.1 Å². The molecule has 3 aliphatic heterocycles. The smallest absolute Gasteiger partial charge is 0.407 e. The lowest BCUT2D eigenvalue weighted by Crippen LogP contribution is -2.62. The Morgan fingerprint density at radius 1 is 1.00 bits per heavy atom. The molecular formula is C19H31N3O4. The van der Waals surface area contributed by atoms with Crippen LogP contribution in [0.4, 0.5) is 4.79 Å². The first-order valence-corrected chi connectivity index (χ1v) is 10.2. The summed E-state index contributed by atoms with van der Waals surface area (Å²) in [4.78, 5) is 28.0. The van der Waals surface area contributed by atoms with E-state index in [1.807, 2.05) is 0 Å². The first-order valence-electron chi connectivity index (χ1n) is 10.2. The van der Waals surface area contributed by atoms with Crippen LogP contribution in [0.3, 0.4) is 0 Å². The molecule has 2 unspecified atom stereocenters. The summed E-state index contributed by atoms with van der Waals surface area (Å²) in [6.45, 7) is 3.77. The number of ether oxygens (including phenoxy) is 1. The quantitative estimate of drug-likeness (QED) is 0.789. The highest BCUT2D eigenvalue weighted by atomic mass is 16.5. The maximum atomic E-state index is 12.4. The Morgan fingerprint density at radius 2 is 1.65 bits per heavy atom. The predicted molar refractivity (Wildman–Crippen MR) is 95.9 cm³/mol. The van der Waals surface area contributed by atoms with Gasteiger partial charge in [0.15, 0.2) is 0 Å². The topological polar surface area (TPSA) is 82.1 Å². The zero-order chi connectivity index (χ0) is 18.1. The molecule has 7 heteroatoms. The van der Waals surface area contributed by atoms with Crippen LogP contribution in [-0.4, -0.2) is 77.9 Å². The Labute approximate surface area is 155 Å². The van der Waals surface area contributed by atoms with Crippen molar-refractivity contribution < 1.29 is 19.4 Å². The van der Waals surface area contributed by atoms with Crippen LogP contribution < -0.4 is 5.32 Å². The average molecular weight is 365 g/mol. The van der Waals surface area contributed by atoms with E-state index < -0.39 is 6.09 Å². The molecule has 4 fully saturated rings. The van der Waals surface area contributed by atoms with Crippen molar-refractivity contribution in [2.24, 2.45) is 11.8 Å². The molecule has 7 nitrogen and oxygen atoms in total. The molecule has 0 aromatic rings. The van der Waals surface area contributed by atoms with Gasteiger partial charge in [0.2, 0.25) is 5.91 Å². The third-order valence-corrected chi connectivity index (χ3v) is 6.92. The highest BCUT2D eigenvalue weighted by molar-refractivity contribution is 5.78. The summed E-state index contributed by atoms with van der Waals surface area (Å²) in [6, 6.07) is 0.380. The molecule has 4 rings (SSSR count). The number of rotatable bonds is 4. The van der Waals surface area contributed by atoms with Crippen molar-refractivity contribution in [3.63, 3.8) is 0 Å². The van der Waals surface area contributed by atoms with Gasteiger partial charge in [0.05, 0.1) is 25.3 Å². The summed E-state index contributed by atoms with van der Waals surface area (Å²) < 4.78 is 5.58. The van der Waals surface area contributed by atoms with E-state index in [0.29, 0.717) is 25.2 Å². The van der Waals surface area contributed by atoms with E-state index in [1.165, 1.54) is 19.3 Å². The molecule has 2 bridgehead atoms. The summed E-state index contributed by atoms with van der Waals surface area (Å²) in [6.07, 6.45) is 6.56. The molecule has 1 saturated carbocycles. The van der Waals surface area contributed by atoms with E-state index >= 15 is 0 Å². The minimum atomic E-state index is -0.816. The SMILES string of the molecule is O=C(NCC1CCC1)C1CCN(C2CC3COCC(C2)N3C(=O)O)CC1. The van der Waals surface area contributed by atoms with E-state index in [2.05, 4.69) is 10.2 Å². The van der Waals surface area contributed by atoms with Gasteiger partial charge in [0, 0.05) is 18.5 Å². The number of carbonyl (C=O) groups is 2. The zero-order valence-electron chi connectivity index (χ0n) is 15.4. The highest BCUT2D eigenvalue weighted by Gasteiger charge is 2.44. The van der Waals surface area contributed by atoms with Crippen LogP contribution in [0, 0.1) is 11.8 Å². The van der Waals surface area contributed by atoms with Crippen molar-refractivity contribution in [3.8, 4) is 0 Å². The Balaban J connectivity index is 1.25. The summed E-state index contributed by atoms with van der Waals surface area (Å²) in [5.74, 6) is 1.09. The Morgan fingerprint density at radius 3 is 2.19 bits per heavy atom. The number of hydrogen-bond donors (Lipinski definition) is 2. The Kier molecular flexibility index (Phi) is 5.36. The van der Waals surface area contributed by atoms with Crippen LogP contribution >= 0.6 is 0 Å². The number of morpholine rings is 1. The number of hydrogen-bond acceptors (Lipinski definition) is 4. The summed E-state index contributed by atoms with van der Waals surface area (Å²) >= 11 is 0. The molecule has 4 aliphatic rings. The second-order valence-corrected chi connectivity index (χ2v) is 8.51. The van der Waals surface area contributed by atoms with E-state index in [4.69, 9.17) is 4.74 Å². The van der Waals surface area contributed by atoms with Gasteiger partial charge >= 0.3 is 6.09 Å². The monoisotopic (exact) mass is 365 g/mol. The molecule has 0 aromatic carbocycles. The van der Waals surface area contributed by atoms with Gasteiger partial charge in [-0.2, -0.15) is 0 Å². The van der Waals surface area contributed by atoms with E-state index in [9.17, 15) is 14.7 Å². The molecule has 3 saturated heterocycles. The fourth-order valence-corrected chi connectivity index (χ4v) is 5.11. The summed E-state index contributed by atoms with van der Waals surface area (Å²) in [5.41, 5.74) is 0. The van der Waals surface area contributed by atoms with Crippen LogP contribution in [0.25, 0.3) is 0 Å². The molecule has 2 atom stereocenters. The number of nitrogens with one attached hydrogen (secondary N) is 1. The molecule has 146 valence electrons. The minimum absolute atomic E-state index is 0.0199. The number of likely N-dealkylation sites (tertiary alicyclic amines) is 1. The largest absolute Gasteiger partial charge is 0.465 e. The third kappa shape index (κ3) is 3.69. The molecule has 2 amide bonds. The minimum Gasteiger partial charge on any atom is -0.465 e. The lowest BCUT2D eigenvalue weighted by atomic mass is 9.85. The summed E-state index contributed by atoms with van der Waals surface area (Å²) in [7, 11) is 0. The van der Waals surface area contributed by atoms with Crippen LogP contribution in [0.2, 0.25) is 0 Å². The first-order chi connectivity index (χ1) is 12.6.